The van der Waals surface area contributed by atoms with E-state index in [9.17, 15) is 4.79 Å². The number of rotatable bonds is 5. The number of nitrogens with zero attached hydrogens (tertiary/aromatic N) is 2. The second-order valence-corrected chi connectivity index (χ2v) is 6.94. The van der Waals surface area contributed by atoms with Crippen molar-refractivity contribution in [3.05, 3.63) is 71.4 Å². The Kier molecular flexibility index (Phi) is 5.23. The maximum atomic E-state index is 12.9. The molecule has 2 heterocycles. The van der Waals surface area contributed by atoms with E-state index in [1.54, 1.807) is 10.9 Å². The second kappa shape index (κ2) is 7.94. The summed E-state index contributed by atoms with van der Waals surface area (Å²) in [6, 6.07) is 17.2. The van der Waals surface area contributed by atoms with Gasteiger partial charge in [0, 0.05) is 23.7 Å². The third-order valence-corrected chi connectivity index (χ3v) is 4.90. The first-order valence-corrected chi connectivity index (χ1v) is 9.39. The van der Waals surface area contributed by atoms with E-state index in [-0.39, 0.29) is 12.0 Å². The maximum Gasteiger partial charge on any atom is 0.255 e. The molecule has 1 fully saturated rings. The van der Waals surface area contributed by atoms with Gasteiger partial charge in [-0.3, -0.25) is 4.79 Å². The highest BCUT2D eigenvalue weighted by molar-refractivity contribution is 6.30. The van der Waals surface area contributed by atoms with Crippen LogP contribution in [0.15, 0.2) is 60.8 Å². The van der Waals surface area contributed by atoms with Crippen molar-refractivity contribution < 1.29 is 9.53 Å². The molecule has 1 N–H and O–H groups in total. The van der Waals surface area contributed by atoms with Crippen molar-refractivity contribution in [3.63, 3.8) is 0 Å². The Bertz CT molecular complexity index is 916. The molecule has 0 unspecified atom stereocenters. The van der Waals surface area contributed by atoms with Crippen molar-refractivity contribution in [2.24, 2.45) is 0 Å². The molecule has 5 nitrogen and oxygen atoms in total. The summed E-state index contributed by atoms with van der Waals surface area (Å²) in [5.41, 5.74) is 3.06. The van der Waals surface area contributed by atoms with Gasteiger partial charge in [-0.1, -0.05) is 41.9 Å². The van der Waals surface area contributed by atoms with Crippen LogP contribution in [0.5, 0.6) is 0 Å². The van der Waals surface area contributed by atoms with E-state index in [1.165, 1.54) is 0 Å². The topological polar surface area (TPSA) is 56.1 Å². The molecule has 4 rings (SSSR count). The van der Waals surface area contributed by atoms with Crippen LogP contribution in [-0.4, -0.2) is 34.9 Å². The number of hydrogen-bond donors (Lipinski definition) is 1. The average molecular weight is 382 g/mol. The molecular formula is C21H20ClN3O2. The molecule has 0 radical (unpaired) electrons. The summed E-state index contributed by atoms with van der Waals surface area (Å²) < 4.78 is 7.36. The van der Waals surface area contributed by atoms with Crippen molar-refractivity contribution in [2.75, 3.05) is 13.2 Å². The molecule has 1 aliphatic heterocycles. The number of aromatic nitrogens is 2. The lowest BCUT2D eigenvalue weighted by Crippen LogP contribution is -2.31. The molecule has 0 saturated carbocycles. The number of halogens is 1. The van der Waals surface area contributed by atoms with Crippen LogP contribution in [0.1, 0.15) is 23.2 Å². The van der Waals surface area contributed by atoms with Crippen LogP contribution in [0.25, 0.3) is 16.9 Å². The van der Waals surface area contributed by atoms with Gasteiger partial charge in [-0.2, -0.15) is 5.10 Å². The van der Waals surface area contributed by atoms with Crippen molar-refractivity contribution in [1.29, 1.82) is 0 Å². The Morgan fingerprint density at radius 3 is 2.67 bits per heavy atom. The van der Waals surface area contributed by atoms with Gasteiger partial charge in [-0.05, 0) is 37.1 Å². The molecule has 1 aliphatic rings. The van der Waals surface area contributed by atoms with Gasteiger partial charge in [0.05, 0.1) is 29.2 Å². The first-order valence-electron chi connectivity index (χ1n) is 9.01. The lowest BCUT2D eigenvalue weighted by atomic mass is 10.1. The van der Waals surface area contributed by atoms with E-state index >= 15 is 0 Å². The fourth-order valence-electron chi connectivity index (χ4n) is 3.27. The smallest absolute Gasteiger partial charge is 0.255 e. The van der Waals surface area contributed by atoms with Crippen LogP contribution in [0.3, 0.4) is 0 Å². The van der Waals surface area contributed by atoms with E-state index in [0.717, 1.165) is 36.4 Å². The van der Waals surface area contributed by atoms with E-state index in [0.29, 0.717) is 17.1 Å². The fraction of sp³-hybridized carbons (Fsp3) is 0.238. The first kappa shape index (κ1) is 17.8. The Hall–Kier alpha value is -2.63. The fourth-order valence-corrected chi connectivity index (χ4v) is 3.40. The number of benzene rings is 2. The number of ether oxygens (including phenoxy) is 1. The molecule has 1 atom stereocenters. The Labute approximate surface area is 162 Å². The molecule has 138 valence electrons. The molecule has 6 heteroatoms. The quantitative estimate of drug-likeness (QED) is 0.723. The summed E-state index contributed by atoms with van der Waals surface area (Å²) in [4.78, 5) is 12.9. The number of carbonyl (C=O) groups excluding carboxylic acids is 1. The normalized spacial score (nSPS) is 16.4. The number of amides is 1. The van der Waals surface area contributed by atoms with Crippen molar-refractivity contribution in [1.82, 2.24) is 15.1 Å². The van der Waals surface area contributed by atoms with Gasteiger partial charge in [0.15, 0.2) is 0 Å². The van der Waals surface area contributed by atoms with Gasteiger partial charge in [-0.25, -0.2) is 4.68 Å². The zero-order valence-electron chi connectivity index (χ0n) is 14.8. The molecular weight excluding hydrogens is 362 g/mol. The van der Waals surface area contributed by atoms with Gasteiger partial charge >= 0.3 is 0 Å². The summed E-state index contributed by atoms with van der Waals surface area (Å²) in [6.45, 7) is 1.28. The number of carbonyl (C=O) groups is 1. The highest BCUT2D eigenvalue weighted by atomic mass is 35.5. The zero-order chi connectivity index (χ0) is 18.6. The average Bonchev–Trinajstić information content (AvgIpc) is 3.37. The van der Waals surface area contributed by atoms with E-state index in [4.69, 9.17) is 16.3 Å². The Morgan fingerprint density at radius 1 is 1.19 bits per heavy atom. The minimum absolute atomic E-state index is 0.0976. The van der Waals surface area contributed by atoms with Gasteiger partial charge in [0.1, 0.15) is 0 Å². The second-order valence-electron chi connectivity index (χ2n) is 6.51. The number of nitrogens with one attached hydrogen (secondary N) is 1. The van der Waals surface area contributed by atoms with Crippen LogP contribution in [-0.2, 0) is 4.74 Å². The third kappa shape index (κ3) is 3.89. The Balaban J connectivity index is 1.68. The van der Waals surface area contributed by atoms with Gasteiger partial charge in [0.2, 0.25) is 0 Å². The predicted octanol–water partition coefficient (Wildman–Crippen LogP) is 4.10. The molecule has 1 aromatic heterocycles. The lowest BCUT2D eigenvalue weighted by molar-refractivity contribution is 0.0858. The summed E-state index contributed by atoms with van der Waals surface area (Å²) in [7, 11) is 0. The van der Waals surface area contributed by atoms with Crippen LogP contribution >= 0.6 is 11.6 Å². The predicted molar refractivity (Wildman–Crippen MR) is 105 cm³/mol. The van der Waals surface area contributed by atoms with Crippen LogP contribution < -0.4 is 5.32 Å². The summed E-state index contributed by atoms with van der Waals surface area (Å²) in [5.74, 6) is -0.149. The van der Waals surface area contributed by atoms with Crippen molar-refractivity contribution in [2.45, 2.75) is 18.9 Å². The molecule has 3 aromatic rings. The molecule has 2 aromatic carbocycles. The molecule has 1 saturated heterocycles. The van der Waals surface area contributed by atoms with E-state index < -0.39 is 0 Å². The monoisotopic (exact) mass is 381 g/mol. The molecule has 1 amide bonds. The maximum absolute atomic E-state index is 12.9. The van der Waals surface area contributed by atoms with E-state index in [1.807, 2.05) is 54.6 Å². The highest BCUT2D eigenvalue weighted by Gasteiger charge is 2.22. The standard InChI is InChI=1S/C21H20ClN3O2/c22-16-8-10-17(11-9-16)25-20(15-5-2-1-3-6-15)19(14-24-25)21(26)23-13-18-7-4-12-27-18/h1-3,5-6,8-11,14,18H,4,7,12-13H2,(H,23,26)/t18-/m0/s1. The van der Waals surface area contributed by atoms with Crippen molar-refractivity contribution >= 4 is 17.5 Å². The lowest BCUT2D eigenvalue weighted by Gasteiger charge is -2.12. The summed E-state index contributed by atoms with van der Waals surface area (Å²) in [5, 5.41) is 8.12. The van der Waals surface area contributed by atoms with Gasteiger partial charge < -0.3 is 10.1 Å². The molecule has 27 heavy (non-hydrogen) atoms. The molecule has 0 spiro atoms. The third-order valence-electron chi connectivity index (χ3n) is 4.65. The summed E-state index contributed by atoms with van der Waals surface area (Å²) >= 11 is 6.01. The zero-order valence-corrected chi connectivity index (χ0v) is 15.5. The minimum Gasteiger partial charge on any atom is -0.376 e. The van der Waals surface area contributed by atoms with Crippen LogP contribution in [0.2, 0.25) is 5.02 Å². The van der Waals surface area contributed by atoms with Crippen LogP contribution in [0.4, 0.5) is 0 Å². The minimum atomic E-state index is -0.149. The van der Waals surface area contributed by atoms with Gasteiger partial charge in [-0.15, -0.1) is 0 Å². The molecule has 0 aliphatic carbocycles. The van der Waals surface area contributed by atoms with E-state index in [2.05, 4.69) is 10.4 Å². The van der Waals surface area contributed by atoms with Crippen molar-refractivity contribution in [3.8, 4) is 16.9 Å². The SMILES string of the molecule is O=C(NC[C@@H]1CCCO1)c1cnn(-c2ccc(Cl)cc2)c1-c1ccccc1. The van der Waals surface area contributed by atoms with Crippen LogP contribution in [0, 0.1) is 0 Å². The first-order chi connectivity index (χ1) is 13.2. The largest absolute Gasteiger partial charge is 0.376 e. The summed E-state index contributed by atoms with van der Waals surface area (Å²) in [6.07, 6.45) is 3.74. The molecule has 0 bridgehead atoms. The van der Waals surface area contributed by atoms with Gasteiger partial charge in [0.25, 0.3) is 5.91 Å². The Morgan fingerprint density at radius 2 is 1.96 bits per heavy atom. The number of hydrogen-bond acceptors (Lipinski definition) is 3. The highest BCUT2D eigenvalue weighted by Crippen LogP contribution is 2.27.